The van der Waals surface area contributed by atoms with Crippen LogP contribution in [0.15, 0.2) is 16.6 Å². The third-order valence-corrected chi connectivity index (χ3v) is 5.97. The van der Waals surface area contributed by atoms with Gasteiger partial charge < -0.3 is 14.8 Å². The van der Waals surface area contributed by atoms with Crippen molar-refractivity contribution in [3.05, 3.63) is 22.2 Å². The van der Waals surface area contributed by atoms with Gasteiger partial charge in [-0.2, -0.15) is 11.8 Å². The Morgan fingerprint density at radius 2 is 2.14 bits per heavy atom. The number of rotatable bonds is 5. The molecule has 3 rings (SSSR count). The third-order valence-electron chi connectivity index (χ3n) is 4.06. The molecule has 1 aliphatic heterocycles. The topological polar surface area (TPSA) is 30.5 Å². The molecule has 116 valence electrons. The number of halogens is 1. The van der Waals surface area contributed by atoms with Crippen LogP contribution in [0.1, 0.15) is 31.7 Å². The lowest BCUT2D eigenvalue weighted by molar-refractivity contribution is 0.170. The van der Waals surface area contributed by atoms with Crippen LogP contribution < -0.4 is 14.8 Å². The van der Waals surface area contributed by atoms with Gasteiger partial charge in [-0.05, 0) is 52.2 Å². The second-order valence-corrected chi connectivity index (χ2v) is 7.88. The molecule has 2 atom stereocenters. The number of thioether (sulfide) groups is 1. The van der Waals surface area contributed by atoms with Crippen LogP contribution in [0.2, 0.25) is 0 Å². The SMILES string of the molecule is CCSC1CCCC1NCc1cc(Br)c2c(c1)OCCO2. The van der Waals surface area contributed by atoms with Crippen LogP contribution in [-0.4, -0.2) is 30.3 Å². The van der Waals surface area contributed by atoms with Gasteiger partial charge in [0, 0.05) is 17.8 Å². The molecular weight excluding hydrogens is 350 g/mol. The summed E-state index contributed by atoms with van der Waals surface area (Å²) < 4.78 is 12.3. The summed E-state index contributed by atoms with van der Waals surface area (Å²) in [6, 6.07) is 4.88. The molecule has 0 amide bonds. The summed E-state index contributed by atoms with van der Waals surface area (Å²) in [7, 11) is 0. The van der Waals surface area contributed by atoms with Crippen molar-refractivity contribution < 1.29 is 9.47 Å². The van der Waals surface area contributed by atoms with E-state index in [0.717, 1.165) is 27.8 Å². The van der Waals surface area contributed by atoms with Gasteiger partial charge in [0.05, 0.1) is 4.47 Å². The average Bonchev–Trinajstić information content (AvgIpc) is 2.93. The summed E-state index contributed by atoms with van der Waals surface area (Å²) in [4.78, 5) is 0. The smallest absolute Gasteiger partial charge is 0.175 e. The summed E-state index contributed by atoms with van der Waals surface area (Å²) in [5, 5.41) is 4.50. The monoisotopic (exact) mass is 371 g/mol. The molecule has 1 heterocycles. The third kappa shape index (κ3) is 3.69. The Hall–Kier alpha value is -0.390. The van der Waals surface area contributed by atoms with Gasteiger partial charge in [-0.15, -0.1) is 0 Å². The van der Waals surface area contributed by atoms with Crippen molar-refractivity contribution in [2.45, 2.75) is 44.0 Å². The number of fused-ring (bicyclic) bond motifs is 1. The maximum atomic E-state index is 5.69. The van der Waals surface area contributed by atoms with Gasteiger partial charge in [-0.3, -0.25) is 0 Å². The first kappa shape index (κ1) is 15.5. The van der Waals surface area contributed by atoms with E-state index >= 15 is 0 Å². The number of ether oxygens (including phenoxy) is 2. The molecule has 0 aromatic heterocycles. The minimum atomic E-state index is 0.626. The van der Waals surface area contributed by atoms with Crippen LogP contribution in [0.4, 0.5) is 0 Å². The van der Waals surface area contributed by atoms with Crippen LogP contribution in [-0.2, 0) is 6.54 Å². The van der Waals surface area contributed by atoms with Gasteiger partial charge >= 0.3 is 0 Å². The molecule has 0 spiro atoms. The predicted octanol–water partition coefficient (Wildman–Crippen LogP) is 3.98. The Kier molecular flexibility index (Phi) is 5.35. The van der Waals surface area contributed by atoms with Crippen molar-refractivity contribution in [2.75, 3.05) is 19.0 Å². The zero-order valence-corrected chi connectivity index (χ0v) is 14.8. The van der Waals surface area contributed by atoms with Crippen molar-refractivity contribution in [3.8, 4) is 11.5 Å². The van der Waals surface area contributed by atoms with Crippen LogP contribution in [0.25, 0.3) is 0 Å². The van der Waals surface area contributed by atoms with Crippen molar-refractivity contribution in [2.24, 2.45) is 0 Å². The molecule has 1 aromatic carbocycles. The van der Waals surface area contributed by atoms with Crippen molar-refractivity contribution in [1.82, 2.24) is 5.32 Å². The van der Waals surface area contributed by atoms with E-state index in [-0.39, 0.29) is 0 Å². The summed E-state index contributed by atoms with van der Waals surface area (Å²) in [5.74, 6) is 2.90. The lowest BCUT2D eigenvalue weighted by Crippen LogP contribution is -2.33. The minimum absolute atomic E-state index is 0.626. The first-order chi connectivity index (χ1) is 10.3. The quantitative estimate of drug-likeness (QED) is 0.847. The number of nitrogens with one attached hydrogen (secondary N) is 1. The van der Waals surface area contributed by atoms with Gasteiger partial charge in [-0.1, -0.05) is 13.3 Å². The molecule has 21 heavy (non-hydrogen) atoms. The number of hydrogen-bond acceptors (Lipinski definition) is 4. The molecule has 1 saturated carbocycles. The molecule has 1 aliphatic carbocycles. The number of benzene rings is 1. The van der Waals surface area contributed by atoms with Crippen molar-refractivity contribution in [3.63, 3.8) is 0 Å². The Morgan fingerprint density at radius 3 is 3.00 bits per heavy atom. The zero-order chi connectivity index (χ0) is 14.7. The standard InChI is InChI=1S/C16H22BrNO2S/c1-2-21-15-5-3-4-13(15)18-10-11-8-12(17)16-14(9-11)19-6-7-20-16/h8-9,13,15,18H,2-7,10H2,1H3. The summed E-state index contributed by atoms with van der Waals surface area (Å²) in [6.07, 6.45) is 3.99. The Bertz CT molecular complexity index is 497. The maximum absolute atomic E-state index is 5.69. The van der Waals surface area contributed by atoms with Gasteiger partial charge in [0.2, 0.25) is 0 Å². The van der Waals surface area contributed by atoms with E-state index in [4.69, 9.17) is 9.47 Å². The van der Waals surface area contributed by atoms with Crippen LogP contribution in [0.3, 0.4) is 0 Å². The highest BCUT2D eigenvalue weighted by molar-refractivity contribution is 9.10. The molecule has 1 N–H and O–H groups in total. The predicted molar refractivity (Wildman–Crippen MR) is 91.5 cm³/mol. The highest BCUT2D eigenvalue weighted by Crippen LogP contribution is 2.38. The molecule has 1 aromatic rings. The fraction of sp³-hybridized carbons (Fsp3) is 0.625. The Morgan fingerprint density at radius 1 is 1.29 bits per heavy atom. The van der Waals surface area contributed by atoms with E-state index in [1.54, 1.807) is 0 Å². The highest BCUT2D eigenvalue weighted by Gasteiger charge is 2.26. The van der Waals surface area contributed by atoms with E-state index in [9.17, 15) is 0 Å². The fourth-order valence-electron chi connectivity index (χ4n) is 3.09. The normalized spacial score (nSPS) is 24.3. The molecule has 1 fully saturated rings. The van der Waals surface area contributed by atoms with Crippen LogP contribution in [0, 0.1) is 0 Å². The number of hydrogen-bond donors (Lipinski definition) is 1. The molecule has 0 radical (unpaired) electrons. The van der Waals surface area contributed by atoms with E-state index < -0.39 is 0 Å². The molecular formula is C16H22BrNO2S. The Labute approximate surface area is 139 Å². The molecule has 5 heteroatoms. The molecule has 2 aliphatic rings. The lowest BCUT2D eigenvalue weighted by atomic mass is 10.1. The zero-order valence-electron chi connectivity index (χ0n) is 12.4. The maximum Gasteiger partial charge on any atom is 0.175 e. The molecule has 0 saturated heterocycles. The van der Waals surface area contributed by atoms with E-state index in [0.29, 0.717) is 19.3 Å². The van der Waals surface area contributed by atoms with E-state index in [1.165, 1.54) is 30.6 Å². The van der Waals surface area contributed by atoms with Crippen molar-refractivity contribution >= 4 is 27.7 Å². The van der Waals surface area contributed by atoms with Gasteiger partial charge in [-0.25, -0.2) is 0 Å². The Balaban J connectivity index is 1.64. The second kappa shape index (κ2) is 7.25. The molecule has 3 nitrogen and oxygen atoms in total. The van der Waals surface area contributed by atoms with Gasteiger partial charge in [0.15, 0.2) is 11.5 Å². The van der Waals surface area contributed by atoms with Crippen LogP contribution in [0.5, 0.6) is 11.5 Å². The molecule has 2 unspecified atom stereocenters. The van der Waals surface area contributed by atoms with Crippen LogP contribution >= 0.6 is 27.7 Å². The molecule has 0 bridgehead atoms. The van der Waals surface area contributed by atoms with Crippen molar-refractivity contribution in [1.29, 1.82) is 0 Å². The lowest BCUT2D eigenvalue weighted by Gasteiger charge is -2.22. The average molecular weight is 372 g/mol. The summed E-state index contributed by atoms with van der Waals surface area (Å²) >= 11 is 5.68. The van der Waals surface area contributed by atoms with Gasteiger partial charge in [0.1, 0.15) is 13.2 Å². The summed E-state index contributed by atoms with van der Waals surface area (Å²) in [5.41, 5.74) is 1.25. The minimum Gasteiger partial charge on any atom is -0.486 e. The fourth-order valence-corrected chi connectivity index (χ4v) is 4.92. The first-order valence-electron chi connectivity index (χ1n) is 7.71. The largest absolute Gasteiger partial charge is 0.486 e. The highest BCUT2D eigenvalue weighted by atomic mass is 79.9. The summed E-state index contributed by atoms with van der Waals surface area (Å²) in [6.45, 7) is 4.40. The van der Waals surface area contributed by atoms with Gasteiger partial charge in [0.25, 0.3) is 0 Å². The first-order valence-corrected chi connectivity index (χ1v) is 9.55. The second-order valence-electron chi connectivity index (χ2n) is 5.51. The van der Waals surface area contributed by atoms with E-state index in [2.05, 4.69) is 52.1 Å². The van der Waals surface area contributed by atoms with E-state index in [1.807, 2.05) is 0 Å².